The summed E-state index contributed by atoms with van der Waals surface area (Å²) in [6.07, 6.45) is -5.91. The summed E-state index contributed by atoms with van der Waals surface area (Å²) in [5, 5.41) is 20.7. The van der Waals surface area contributed by atoms with Gasteiger partial charge in [0.15, 0.2) is 6.10 Å². The zero-order valence-electron chi connectivity index (χ0n) is 14.4. The second-order valence-corrected chi connectivity index (χ2v) is 6.02. The average Bonchev–Trinajstić information content (AvgIpc) is 2.90. The Hall–Kier alpha value is -2.89. The van der Waals surface area contributed by atoms with Crippen molar-refractivity contribution >= 4 is 11.9 Å². The van der Waals surface area contributed by atoms with E-state index in [1.807, 2.05) is 6.07 Å². The highest BCUT2D eigenvalue weighted by Crippen LogP contribution is 2.41. The van der Waals surface area contributed by atoms with Crippen LogP contribution in [0.2, 0.25) is 0 Å². The van der Waals surface area contributed by atoms with Crippen LogP contribution in [0.25, 0.3) is 0 Å². The van der Waals surface area contributed by atoms with E-state index in [9.17, 15) is 23.5 Å². The molecular weight excluding hydrogens is 380 g/mol. The highest BCUT2D eigenvalue weighted by Gasteiger charge is 2.59. The monoisotopic (exact) mass is 397 g/mol. The Morgan fingerprint density at radius 1 is 1.32 bits per heavy atom. The zero-order chi connectivity index (χ0) is 20.3. The van der Waals surface area contributed by atoms with Crippen molar-refractivity contribution in [2.45, 2.75) is 31.0 Å². The van der Waals surface area contributed by atoms with Gasteiger partial charge in [0.25, 0.3) is 0 Å². The summed E-state index contributed by atoms with van der Waals surface area (Å²) in [6.45, 7) is -0.853. The number of aromatic nitrogens is 2. The summed E-state index contributed by atoms with van der Waals surface area (Å²) in [6, 6.07) is 9.96. The van der Waals surface area contributed by atoms with Crippen LogP contribution < -0.4 is 11.0 Å². The number of halogens is 2. The molecule has 1 fully saturated rings. The van der Waals surface area contributed by atoms with Gasteiger partial charge in [-0.15, -0.1) is 0 Å². The van der Waals surface area contributed by atoms with Crippen molar-refractivity contribution in [2.24, 2.45) is 0 Å². The second kappa shape index (κ2) is 8.00. The molecule has 2 aromatic rings. The van der Waals surface area contributed by atoms with E-state index in [1.54, 1.807) is 24.3 Å². The lowest BCUT2D eigenvalue weighted by Crippen LogP contribution is -2.41. The van der Waals surface area contributed by atoms with Gasteiger partial charge >= 0.3 is 17.7 Å². The molecule has 150 valence electrons. The van der Waals surface area contributed by atoms with Crippen molar-refractivity contribution in [3.63, 3.8) is 0 Å². The standard InChI is InChI=1S/C17H17F2N3O6/c18-17(19)13(24)11(8-23)28-14(17)22-7-6-12(20-15(22)25)21-16(26)27-9-10-4-2-1-3-5-10/h1-7,11,13-14,23-24H,8-9H2,(H,20,21,25,26)/t11-,13-,14-/m1/s1. The van der Waals surface area contributed by atoms with Crippen molar-refractivity contribution in [1.82, 2.24) is 9.55 Å². The third kappa shape index (κ3) is 4.01. The molecule has 1 aromatic heterocycles. The molecule has 28 heavy (non-hydrogen) atoms. The molecule has 0 bridgehead atoms. The molecule has 0 unspecified atom stereocenters. The zero-order valence-corrected chi connectivity index (χ0v) is 14.4. The number of nitrogens with one attached hydrogen (secondary N) is 1. The number of carbonyl (C=O) groups excluding carboxylic acids is 1. The predicted octanol–water partition coefficient (Wildman–Crippen LogP) is 0.878. The van der Waals surface area contributed by atoms with Gasteiger partial charge in [-0.2, -0.15) is 13.8 Å². The van der Waals surface area contributed by atoms with E-state index in [-0.39, 0.29) is 12.4 Å². The number of hydrogen-bond donors (Lipinski definition) is 3. The maximum atomic E-state index is 14.1. The molecule has 1 saturated heterocycles. The van der Waals surface area contributed by atoms with Crippen LogP contribution >= 0.6 is 0 Å². The van der Waals surface area contributed by atoms with Gasteiger partial charge in [-0.1, -0.05) is 30.3 Å². The van der Waals surface area contributed by atoms with E-state index in [0.717, 1.165) is 17.8 Å². The maximum Gasteiger partial charge on any atom is 0.413 e. The molecule has 0 radical (unpaired) electrons. The number of aliphatic hydroxyl groups is 2. The Morgan fingerprint density at radius 2 is 2.04 bits per heavy atom. The number of ether oxygens (including phenoxy) is 2. The molecule has 0 saturated carbocycles. The van der Waals surface area contributed by atoms with Crippen molar-refractivity contribution in [3.05, 3.63) is 58.6 Å². The fourth-order valence-electron chi connectivity index (χ4n) is 2.64. The van der Waals surface area contributed by atoms with Gasteiger partial charge < -0.3 is 19.7 Å². The van der Waals surface area contributed by atoms with E-state index < -0.39 is 42.7 Å². The lowest BCUT2D eigenvalue weighted by molar-refractivity contribution is -0.140. The smallest absolute Gasteiger partial charge is 0.413 e. The third-order valence-electron chi connectivity index (χ3n) is 4.08. The Morgan fingerprint density at radius 3 is 2.64 bits per heavy atom. The summed E-state index contributed by atoms with van der Waals surface area (Å²) >= 11 is 0. The molecule has 0 aliphatic carbocycles. The molecule has 1 aliphatic rings. The topological polar surface area (TPSA) is 123 Å². The van der Waals surface area contributed by atoms with Crippen LogP contribution in [-0.2, 0) is 16.1 Å². The van der Waals surface area contributed by atoms with E-state index in [0.29, 0.717) is 4.57 Å². The summed E-state index contributed by atoms with van der Waals surface area (Å²) < 4.78 is 38.5. The van der Waals surface area contributed by atoms with Crippen LogP contribution in [0, 0.1) is 0 Å². The number of amides is 1. The third-order valence-corrected chi connectivity index (χ3v) is 4.08. The number of nitrogens with zero attached hydrogens (tertiary/aromatic N) is 2. The van der Waals surface area contributed by atoms with Crippen LogP contribution in [0.5, 0.6) is 0 Å². The van der Waals surface area contributed by atoms with Crippen LogP contribution in [0.4, 0.5) is 19.4 Å². The first-order valence-electron chi connectivity index (χ1n) is 8.22. The first kappa shape index (κ1) is 19.9. The number of alkyl halides is 2. The molecule has 3 N–H and O–H groups in total. The highest BCUT2D eigenvalue weighted by molar-refractivity contribution is 5.83. The summed E-state index contributed by atoms with van der Waals surface area (Å²) in [5.74, 6) is -4.03. The summed E-state index contributed by atoms with van der Waals surface area (Å²) in [7, 11) is 0. The molecule has 3 atom stereocenters. The average molecular weight is 397 g/mol. The number of aliphatic hydroxyl groups excluding tert-OH is 2. The molecule has 0 spiro atoms. The Bertz CT molecular complexity index is 892. The molecule has 2 heterocycles. The molecule has 9 nitrogen and oxygen atoms in total. The SMILES string of the molecule is O=C(Nc1ccn([C@@H]2O[C@H](CO)[C@@H](O)C2(F)F)c(=O)n1)OCc1ccccc1. The van der Waals surface area contributed by atoms with Crippen molar-refractivity contribution in [3.8, 4) is 0 Å². The van der Waals surface area contributed by atoms with Gasteiger partial charge in [0, 0.05) is 6.20 Å². The van der Waals surface area contributed by atoms with Crippen molar-refractivity contribution < 1.29 is 33.3 Å². The number of carbonyl (C=O) groups is 1. The highest BCUT2D eigenvalue weighted by atomic mass is 19.3. The molecule has 1 aliphatic heterocycles. The largest absolute Gasteiger partial charge is 0.444 e. The lowest BCUT2D eigenvalue weighted by Gasteiger charge is -2.21. The number of benzene rings is 1. The normalized spacial score (nSPS) is 23.4. The van der Waals surface area contributed by atoms with E-state index in [2.05, 4.69) is 10.3 Å². The Labute approximate surface area is 157 Å². The minimum atomic E-state index is -3.82. The van der Waals surface area contributed by atoms with Gasteiger partial charge in [-0.25, -0.2) is 9.59 Å². The van der Waals surface area contributed by atoms with Crippen molar-refractivity contribution in [1.29, 1.82) is 0 Å². The van der Waals surface area contributed by atoms with E-state index in [1.165, 1.54) is 0 Å². The van der Waals surface area contributed by atoms with E-state index >= 15 is 0 Å². The number of anilines is 1. The summed E-state index contributed by atoms with van der Waals surface area (Å²) in [5.41, 5.74) is -0.394. The fraction of sp³-hybridized carbons (Fsp3) is 0.353. The van der Waals surface area contributed by atoms with Crippen molar-refractivity contribution in [2.75, 3.05) is 11.9 Å². The molecule has 1 aromatic carbocycles. The van der Waals surface area contributed by atoms with Gasteiger partial charge in [-0.3, -0.25) is 9.88 Å². The molecular formula is C17H17F2N3O6. The summed E-state index contributed by atoms with van der Waals surface area (Å²) in [4.78, 5) is 27.4. The Kier molecular flexibility index (Phi) is 5.68. The quantitative estimate of drug-likeness (QED) is 0.684. The Balaban J connectivity index is 1.67. The van der Waals surface area contributed by atoms with Crippen LogP contribution in [0.1, 0.15) is 11.8 Å². The lowest BCUT2D eigenvalue weighted by atomic mass is 10.1. The molecule has 11 heteroatoms. The molecule has 3 rings (SSSR count). The number of rotatable bonds is 5. The van der Waals surface area contributed by atoms with Crippen LogP contribution in [-0.4, -0.2) is 50.6 Å². The van der Waals surface area contributed by atoms with Gasteiger partial charge in [0.05, 0.1) is 6.61 Å². The minimum absolute atomic E-state index is 0.00763. The predicted molar refractivity (Wildman–Crippen MR) is 90.7 cm³/mol. The van der Waals surface area contributed by atoms with E-state index in [4.69, 9.17) is 14.6 Å². The van der Waals surface area contributed by atoms with Gasteiger partial charge in [0.2, 0.25) is 6.23 Å². The minimum Gasteiger partial charge on any atom is -0.444 e. The van der Waals surface area contributed by atoms with Crippen LogP contribution in [0.15, 0.2) is 47.4 Å². The first-order chi connectivity index (χ1) is 13.3. The maximum absolute atomic E-state index is 14.1. The second-order valence-electron chi connectivity index (χ2n) is 6.02. The van der Waals surface area contributed by atoms with Gasteiger partial charge in [-0.05, 0) is 11.6 Å². The number of hydrogen-bond acceptors (Lipinski definition) is 7. The van der Waals surface area contributed by atoms with Crippen LogP contribution in [0.3, 0.4) is 0 Å². The van der Waals surface area contributed by atoms with Gasteiger partial charge in [0.1, 0.15) is 18.5 Å². The molecule has 1 amide bonds. The fourth-order valence-corrected chi connectivity index (χ4v) is 2.64. The first-order valence-corrected chi connectivity index (χ1v) is 8.22.